The van der Waals surface area contributed by atoms with Gasteiger partial charge in [-0.15, -0.1) is 10.2 Å². The average molecular weight is 508 g/mol. The summed E-state index contributed by atoms with van der Waals surface area (Å²) < 4.78 is 53.9. The van der Waals surface area contributed by atoms with Gasteiger partial charge < -0.3 is 0 Å². The van der Waals surface area contributed by atoms with E-state index in [1.165, 1.54) is 28.6 Å². The Morgan fingerprint density at radius 2 is 1.58 bits per heavy atom. The number of hydrogen-bond donors (Lipinski definition) is 2. The third-order valence-electron chi connectivity index (χ3n) is 4.98. The Bertz CT molecular complexity index is 1360. The van der Waals surface area contributed by atoms with Crippen LogP contribution in [-0.4, -0.2) is 50.3 Å². The zero-order valence-electron chi connectivity index (χ0n) is 17.6. The van der Waals surface area contributed by atoms with Crippen LogP contribution in [-0.2, 0) is 20.0 Å². The molecule has 0 radical (unpaired) electrons. The van der Waals surface area contributed by atoms with Gasteiger partial charge >= 0.3 is 0 Å². The van der Waals surface area contributed by atoms with Crippen LogP contribution in [0.1, 0.15) is 28.8 Å². The second-order valence-electron chi connectivity index (χ2n) is 7.43. The maximum atomic E-state index is 12.7. The predicted octanol–water partition coefficient (Wildman–Crippen LogP) is 2.68. The molecule has 0 bridgehead atoms. The van der Waals surface area contributed by atoms with Crippen molar-refractivity contribution in [3.8, 4) is 0 Å². The van der Waals surface area contributed by atoms with Crippen LogP contribution in [0.25, 0.3) is 0 Å². The number of amides is 1. The Balaban J connectivity index is 1.44. The molecule has 0 saturated carbocycles. The van der Waals surface area contributed by atoms with Crippen LogP contribution in [0.15, 0.2) is 57.8 Å². The highest BCUT2D eigenvalue weighted by Crippen LogP contribution is 2.25. The van der Waals surface area contributed by atoms with Crippen molar-refractivity contribution >= 4 is 48.1 Å². The lowest BCUT2D eigenvalue weighted by molar-refractivity contribution is 0.102. The van der Waals surface area contributed by atoms with E-state index in [4.69, 9.17) is 0 Å². The van der Waals surface area contributed by atoms with Crippen LogP contribution in [0.2, 0.25) is 0 Å². The summed E-state index contributed by atoms with van der Waals surface area (Å²) in [6, 6.07) is 12.4. The molecule has 13 heteroatoms. The van der Waals surface area contributed by atoms with Gasteiger partial charge in [-0.2, -0.15) is 12.7 Å². The summed E-state index contributed by atoms with van der Waals surface area (Å²) >= 11 is 0.702. The fourth-order valence-electron chi connectivity index (χ4n) is 3.21. The number of anilines is 2. The minimum atomic E-state index is -4.08. The van der Waals surface area contributed by atoms with Crippen LogP contribution >= 0.6 is 11.3 Å². The number of nitrogens with zero attached hydrogens (tertiary/aromatic N) is 3. The normalized spacial score (nSPS) is 14.8. The summed E-state index contributed by atoms with van der Waals surface area (Å²) in [6.07, 6.45) is 1.65. The first-order valence-corrected chi connectivity index (χ1v) is 13.7. The Morgan fingerprint density at radius 3 is 2.21 bits per heavy atom. The summed E-state index contributed by atoms with van der Waals surface area (Å²) in [5.74, 6) is -0.433. The van der Waals surface area contributed by atoms with E-state index < -0.39 is 26.0 Å². The molecule has 174 valence electrons. The molecule has 0 atom stereocenters. The van der Waals surface area contributed by atoms with E-state index in [0.717, 1.165) is 18.4 Å². The van der Waals surface area contributed by atoms with Crippen LogP contribution in [0.4, 0.5) is 10.8 Å². The van der Waals surface area contributed by atoms with E-state index in [0.29, 0.717) is 30.0 Å². The second-order valence-corrected chi connectivity index (χ2v) is 12.2. The van der Waals surface area contributed by atoms with Gasteiger partial charge in [0.2, 0.25) is 15.2 Å². The quantitative estimate of drug-likeness (QED) is 0.469. The molecule has 1 aliphatic rings. The molecule has 1 aromatic heterocycles. The molecule has 33 heavy (non-hydrogen) atoms. The van der Waals surface area contributed by atoms with Crippen molar-refractivity contribution in [2.45, 2.75) is 29.0 Å². The maximum absolute atomic E-state index is 12.7. The lowest BCUT2D eigenvalue weighted by atomic mass is 10.1. The van der Waals surface area contributed by atoms with E-state index >= 15 is 0 Å². The van der Waals surface area contributed by atoms with Crippen molar-refractivity contribution in [1.29, 1.82) is 0 Å². The van der Waals surface area contributed by atoms with Gasteiger partial charge in [0.1, 0.15) is 0 Å². The van der Waals surface area contributed by atoms with Crippen molar-refractivity contribution in [2.24, 2.45) is 0 Å². The van der Waals surface area contributed by atoms with E-state index in [1.807, 2.05) is 6.92 Å². The van der Waals surface area contributed by atoms with Gasteiger partial charge in [0.25, 0.3) is 20.3 Å². The predicted molar refractivity (Wildman–Crippen MR) is 124 cm³/mol. The SMILES string of the molecule is Cc1ccc(C(=O)Nc2nnc(S(=O)(=O)Nc3ccc(S(=O)(=O)N4CCCC4)cc3)s2)cc1. The van der Waals surface area contributed by atoms with Crippen LogP contribution in [0.3, 0.4) is 0 Å². The van der Waals surface area contributed by atoms with Gasteiger partial charge in [-0.05, 0) is 56.2 Å². The van der Waals surface area contributed by atoms with Crippen LogP contribution in [0.5, 0.6) is 0 Å². The highest BCUT2D eigenvalue weighted by molar-refractivity contribution is 7.94. The Labute approximate surface area is 195 Å². The molecule has 0 aliphatic carbocycles. The molecule has 1 fully saturated rings. The second kappa shape index (κ2) is 9.17. The van der Waals surface area contributed by atoms with Crippen molar-refractivity contribution in [1.82, 2.24) is 14.5 Å². The molecule has 4 rings (SSSR count). The van der Waals surface area contributed by atoms with Crippen molar-refractivity contribution in [3.05, 3.63) is 59.7 Å². The first kappa shape index (κ1) is 23.3. The summed E-state index contributed by atoms with van der Waals surface area (Å²) in [5, 5.41) is 9.95. The number of sulfonamides is 2. The standard InChI is InChI=1S/C20H21N5O5S3/c1-14-4-6-15(7-5-14)18(26)21-19-22-23-20(31-19)32(27,28)24-16-8-10-17(11-9-16)33(29,30)25-12-2-3-13-25/h4-11,24H,2-3,12-13H2,1H3,(H,21,22,26). The fourth-order valence-corrected chi connectivity index (χ4v) is 6.69. The van der Waals surface area contributed by atoms with Crippen molar-refractivity contribution < 1.29 is 21.6 Å². The monoisotopic (exact) mass is 507 g/mol. The highest BCUT2D eigenvalue weighted by Gasteiger charge is 2.27. The lowest BCUT2D eigenvalue weighted by Gasteiger charge is -2.15. The molecule has 10 nitrogen and oxygen atoms in total. The number of hydrogen-bond acceptors (Lipinski definition) is 8. The molecule has 2 aromatic carbocycles. The lowest BCUT2D eigenvalue weighted by Crippen LogP contribution is -2.27. The van der Waals surface area contributed by atoms with Gasteiger partial charge in [0.15, 0.2) is 0 Å². The van der Waals surface area contributed by atoms with Crippen molar-refractivity contribution in [3.63, 3.8) is 0 Å². The molecule has 0 spiro atoms. The summed E-state index contributed by atoms with van der Waals surface area (Å²) in [6.45, 7) is 2.86. The van der Waals surface area contributed by atoms with Crippen molar-refractivity contribution in [2.75, 3.05) is 23.1 Å². The summed E-state index contributed by atoms with van der Waals surface area (Å²) in [7, 11) is -7.67. The van der Waals surface area contributed by atoms with E-state index in [2.05, 4.69) is 20.2 Å². The largest absolute Gasteiger partial charge is 0.296 e. The van der Waals surface area contributed by atoms with E-state index in [-0.39, 0.29) is 20.1 Å². The van der Waals surface area contributed by atoms with Gasteiger partial charge in [0, 0.05) is 24.3 Å². The van der Waals surface area contributed by atoms with Crippen LogP contribution < -0.4 is 10.0 Å². The molecule has 2 N–H and O–H groups in total. The van der Waals surface area contributed by atoms with Gasteiger partial charge in [0.05, 0.1) is 4.90 Å². The molecular formula is C20H21N5O5S3. The number of rotatable bonds is 7. The van der Waals surface area contributed by atoms with Gasteiger partial charge in [-0.1, -0.05) is 29.0 Å². The number of aryl methyl sites for hydroxylation is 1. The Morgan fingerprint density at radius 1 is 0.939 bits per heavy atom. The molecular weight excluding hydrogens is 486 g/mol. The smallest absolute Gasteiger partial charge is 0.291 e. The van der Waals surface area contributed by atoms with Crippen LogP contribution in [0, 0.1) is 6.92 Å². The number of carbonyl (C=O) groups is 1. The topological polar surface area (TPSA) is 138 Å². The molecule has 1 amide bonds. The third-order valence-corrected chi connectivity index (χ3v) is 9.48. The summed E-state index contributed by atoms with van der Waals surface area (Å²) in [4.78, 5) is 12.4. The minimum Gasteiger partial charge on any atom is -0.296 e. The Kier molecular flexibility index (Phi) is 6.47. The average Bonchev–Trinajstić information content (AvgIpc) is 3.47. The summed E-state index contributed by atoms with van der Waals surface area (Å²) in [5.41, 5.74) is 1.58. The minimum absolute atomic E-state index is 0.0352. The van der Waals surface area contributed by atoms with E-state index in [9.17, 15) is 21.6 Å². The molecule has 3 aromatic rings. The zero-order chi connectivity index (χ0) is 23.6. The number of carbonyl (C=O) groups excluding carboxylic acids is 1. The molecule has 0 unspecified atom stereocenters. The third kappa shape index (κ3) is 5.21. The molecule has 1 saturated heterocycles. The first-order valence-electron chi connectivity index (χ1n) is 10.00. The fraction of sp³-hybridized carbons (Fsp3) is 0.250. The molecule has 2 heterocycles. The zero-order valence-corrected chi connectivity index (χ0v) is 20.0. The van der Waals surface area contributed by atoms with E-state index in [1.54, 1.807) is 24.3 Å². The number of nitrogens with one attached hydrogen (secondary N) is 2. The highest BCUT2D eigenvalue weighted by atomic mass is 32.2. The maximum Gasteiger partial charge on any atom is 0.291 e. The first-order chi connectivity index (χ1) is 15.6. The Hall–Kier alpha value is -2.87. The number of aromatic nitrogens is 2. The van der Waals surface area contributed by atoms with Gasteiger partial charge in [-0.25, -0.2) is 8.42 Å². The number of benzene rings is 2. The molecule has 1 aliphatic heterocycles. The van der Waals surface area contributed by atoms with Gasteiger partial charge in [-0.3, -0.25) is 14.8 Å².